The third-order valence-corrected chi connectivity index (χ3v) is 8.56. The van der Waals surface area contributed by atoms with E-state index in [-0.39, 0.29) is 24.0 Å². The van der Waals surface area contributed by atoms with Gasteiger partial charge in [0.25, 0.3) is 5.91 Å². The van der Waals surface area contributed by atoms with Crippen molar-refractivity contribution in [3.05, 3.63) is 138 Å². The first-order valence-corrected chi connectivity index (χ1v) is 19.6. The molecule has 0 bridgehead atoms. The highest BCUT2D eigenvalue weighted by Gasteiger charge is 2.30. The number of hydrogen-bond acceptors (Lipinski definition) is 6. The van der Waals surface area contributed by atoms with Gasteiger partial charge >= 0.3 is 5.97 Å². The molecular weight excluding hydrogens is 712 g/mol. The first-order chi connectivity index (χ1) is 26.6. The predicted molar refractivity (Wildman–Crippen MR) is 224 cm³/mol. The third-order valence-electron chi connectivity index (χ3n) is 8.30. The van der Waals surface area contributed by atoms with Crippen LogP contribution in [0.4, 0.5) is 0 Å². The number of ketones is 1. The van der Waals surface area contributed by atoms with Gasteiger partial charge in [-0.1, -0.05) is 91.4 Å². The Kier molecular flexibility index (Phi) is 23.2. The van der Waals surface area contributed by atoms with E-state index in [4.69, 9.17) is 21.1 Å². The molecule has 2 aromatic carbocycles. The van der Waals surface area contributed by atoms with E-state index in [1.807, 2.05) is 12.2 Å². The standard InChI is InChI=1S/C46H59ClN2O6/c1-5-6-7-8-9-10-11-12-13-14-15-16-17-18-19-20-21-22-23-27-42(50)49-41(44(52)54-4)26-24-25-36-48-45(53)46(2,3)55-40-34-30-38(31-35-40)43(51)37-28-32-39(47)33-29-37/h6-7,9-10,12-13,15-16,18-19,21-22,28-35,41H,5,8,11,14,17,20,23-27,36H2,1-4H3,(H,48,53)(H,49,50). The molecule has 296 valence electrons. The zero-order valence-electron chi connectivity index (χ0n) is 32.9. The molecule has 0 saturated heterocycles. The lowest BCUT2D eigenvalue weighted by molar-refractivity contribution is -0.145. The molecule has 0 spiro atoms. The highest BCUT2D eigenvalue weighted by molar-refractivity contribution is 6.30. The minimum absolute atomic E-state index is 0.143. The van der Waals surface area contributed by atoms with Crippen LogP contribution in [0.3, 0.4) is 0 Å². The lowest BCUT2D eigenvalue weighted by Gasteiger charge is -2.25. The third kappa shape index (κ3) is 20.3. The van der Waals surface area contributed by atoms with Crippen LogP contribution in [-0.2, 0) is 19.1 Å². The lowest BCUT2D eigenvalue weighted by atomic mass is 10.0. The van der Waals surface area contributed by atoms with E-state index in [1.165, 1.54) is 7.11 Å². The van der Waals surface area contributed by atoms with Crippen molar-refractivity contribution in [2.24, 2.45) is 0 Å². The van der Waals surface area contributed by atoms with Gasteiger partial charge in [0.1, 0.15) is 11.8 Å². The smallest absolute Gasteiger partial charge is 0.328 e. The van der Waals surface area contributed by atoms with Gasteiger partial charge in [-0.2, -0.15) is 0 Å². The summed E-state index contributed by atoms with van der Waals surface area (Å²) in [5, 5.41) is 6.22. The second kappa shape index (κ2) is 27.6. The fourth-order valence-electron chi connectivity index (χ4n) is 5.18. The Morgan fingerprint density at radius 1 is 0.709 bits per heavy atom. The zero-order valence-corrected chi connectivity index (χ0v) is 33.7. The van der Waals surface area contributed by atoms with Crippen LogP contribution in [-0.4, -0.2) is 48.9 Å². The number of carbonyl (C=O) groups is 4. The van der Waals surface area contributed by atoms with Gasteiger partial charge in [0.15, 0.2) is 11.4 Å². The van der Waals surface area contributed by atoms with Crippen molar-refractivity contribution in [2.45, 2.75) is 103 Å². The van der Waals surface area contributed by atoms with E-state index in [0.29, 0.717) is 54.1 Å². The van der Waals surface area contributed by atoms with E-state index in [0.717, 1.165) is 38.5 Å². The molecule has 0 saturated carbocycles. The number of halogens is 1. The van der Waals surface area contributed by atoms with Crippen LogP contribution >= 0.6 is 11.6 Å². The molecule has 0 aliphatic heterocycles. The molecule has 1 unspecified atom stereocenters. The molecule has 2 rings (SSSR count). The molecule has 0 heterocycles. The summed E-state index contributed by atoms with van der Waals surface area (Å²) in [5.41, 5.74) is -0.161. The van der Waals surface area contributed by atoms with Crippen LogP contribution in [0.15, 0.2) is 121 Å². The SMILES string of the molecule is CCC=CCC=CCC=CCC=CCC=CCC=CCCC(=O)NC(CCCCNC(=O)C(C)(C)Oc1ccc(C(=O)c2ccc(Cl)cc2)cc1)C(=O)OC. The van der Waals surface area contributed by atoms with Crippen molar-refractivity contribution in [3.8, 4) is 5.75 Å². The average Bonchev–Trinajstić information content (AvgIpc) is 3.18. The molecule has 9 heteroatoms. The molecular formula is C46H59ClN2O6. The van der Waals surface area contributed by atoms with Crippen molar-refractivity contribution in [3.63, 3.8) is 0 Å². The summed E-state index contributed by atoms with van der Waals surface area (Å²) < 4.78 is 10.8. The summed E-state index contributed by atoms with van der Waals surface area (Å²) in [4.78, 5) is 50.5. The number of unbranched alkanes of at least 4 members (excludes halogenated alkanes) is 1. The van der Waals surface area contributed by atoms with Crippen molar-refractivity contribution < 1.29 is 28.7 Å². The number of rotatable bonds is 26. The molecule has 0 radical (unpaired) electrons. The van der Waals surface area contributed by atoms with Crippen LogP contribution in [0.25, 0.3) is 0 Å². The summed E-state index contributed by atoms with van der Waals surface area (Å²) in [7, 11) is 1.30. The van der Waals surface area contributed by atoms with Crippen molar-refractivity contribution in [2.75, 3.05) is 13.7 Å². The fraction of sp³-hybridized carbons (Fsp3) is 0.391. The number of nitrogens with one attached hydrogen (secondary N) is 2. The molecule has 2 amide bonds. The van der Waals surface area contributed by atoms with Gasteiger partial charge in [0.2, 0.25) is 5.91 Å². The topological polar surface area (TPSA) is 111 Å². The Bertz CT molecular complexity index is 1640. The van der Waals surface area contributed by atoms with Crippen LogP contribution < -0.4 is 15.4 Å². The van der Waals surface area contributed by atoms with Gasteiger partial charge in [-0.15, -0.1) is 0 Å². The number of carbonyl (C=O) groups excluding carboxylic acids is 4. The minimum Gasteiger partial charge on any atom is -0.478 e. The predicted octanol–water partition coefficient (Wildman–Crippen LogP) is 10.2. The largest absolute Gasteiger partial charge is 0.478 e. The number of ether oxygens (including phenoxy) is 2. The Hall–Kier alpha value is -4.95. The van der Waals surface area contributed by atoms with Gasteiger partial charge in [-0.25, -0.2) is 4.79 Å². The normalized spacial score (nSPS) is 12.7. The van der Waals surface area contributed by atoms with Gasteiger partial charge in [-0.05, 0) is 127 Å². The van der Waals surface area contributed by atoms with Crippen molar-refractivity contribution in [1.29, 1.82) is 0 Å². The minimum atomic E-state index is -1.17. The molecule has 2 N–H and O–H groups in total. The number of hydrogen-bond donors (Lipinski definition) is 2. The number of amides is 2. The Balaban J connectivity index is 1.62. The molecule has 1 atom stereocenters. The van der Waals surface area contributed by atoms with Gasteiger partial charge in [0, 0.05) is 29.1 Å². The van der Waals surface area contributed by atoms with Gasteiger partial charge in [-0.3, -0.25) is 14.4 Å². The summed E-state index contributed by atoms with van der Waals surface area (Å²) in [6, 6.07) is 12.5. The van der Waals surface area contributed by atoms with E-state index in [1.54, 1.807) is 62.4 Å². The van der Waals surface area contributed by atoms with Crippen molar-refractivity contribution in [1.82, 2.24) is 10.6 Å². The monoisotopic (exact) mass is 770 g/mol. The second-order valence-electron chi connectivity index (χ2n) is 13.3. The molecule has 0 aromatic heterocycles. The number of esters is 1. The second-order valence-corrected chi connectivity index (χ2v) is 13.8. The van der Waals surface area contributed by atoms with E-state index < -0.39 is 17.6 Å². The molecule has 8 nitrogen and oxygen atoms in total. The lowest BCUT2D eigenvalue weighted by Crippen LogP contribution is -2.46. The quantitative estimate of drug-likeness (QED) is 0.0427. The maximum atomic E-state index is 12.9. The number of methoxy groups -OCH3 is 1. The summed E-state index contributed by atoms with van der Waals surface area (Å²) in [6.07, 6.45) is 33.7. The molecule has 0 fully saturated rings. The van der Waals surface area contributed by atoms with Gasteiger partial charge in [0.05, 0.1) is 7.11 Å². The summed E-state index contributed by atoms with van der Waals surface area (Å²) in [5.74, 6) is -0.715. The maximum absolute atomic E-state index is 12.9. The van der Waals surface area contributed by atoms with Crippen LogP contribution in [0.5, 0.6) is 5.75 Å². The average molecular weight is 771 g/mol. The van der Waals surface area contributed by atoms with E-state index in [2.05, 4.69) is 78.3 Å². The number of allylic oxidation sites excluding steroid dienone is 12. The highest BCUT2D eigenvalue weighted by Crippen LogP contribution is 2.21. The molecule has 2 aromatic rings. The van der Waals surface area contributed by atoms with Crippen LogP contribution in [0, 0.1) is 0 Å². The Morgan fingerprint density at radius 2 is 1.20 bits per heavy atom. The molecule has 0 aliphatic carbocycles. The fourth-order valence-corrected chi connectivity index (χ4v) is 5.31. The van der Waals surface area contributed by atoms with Crippen molar-refractivity contribution >= 4 is 35.2 Å². The van der Waals surface area contributed by atoms with Crippen LogP contribution in [0.1, 0.15) is 107 Å². The Labute approximate surface area is 333 Å². The Morgan fingerprint density at radius 3 is 1.71 bits per heavy atom. The first kappa shape index (κ1) is 46.2. The van der Waals surface area contributed by atoms with Crippen LogP contribution in [0.2, 0.25) is 5.02 Å². The van der Waals surface area contributed by atoms with E-state index in [9.17, 15) is 19.2 Å². The first-order valence-electron chi connectivity index (χ1n) is 19.2. The maximum Gasteiger partial charge on any atom is 0.328 e. The molecule has 0 aliphatic rings. The zero-order chi connectivity index (χ0) is 40.2. The summed E-state index contributed by atoms with van der Waals surface area (Å²) >= 11 is 5.92. The highest BCUT2D eigenvalue weighted by atomic mass is 35.5. The van der Waals surface area contributed by atoms with Gasteiger partial charge < -0.3 is 20.1 Å². The van der Waals surface area contributed by atoms with E-state index >= 15 is 0 Å². The summed E-state index contributed by atoms with van der Waals surface area (Å²) in [6.45, 7) is 5.83. The number of benzene rings is 2. The molecule has 55 heavy (non-hydrogen) atoms.